The van der Waals surface area contributed by atoms with E-state index in [1.165, 1.54) is 23.5 Å². The summed E-state index contributed by atoms with van der Waals surface area (Å²) < 4.78 is 16.3. The van der Waals surface area contributed by atoms with Gasteiger partial charge in [-0.3, -0.25) is 4.79 Å². The monoisotopic (exact) mass is 589 g/mol. The molecule has 214 valence electrons. The van der Waals surface area contributed by atoms with Gasteiger partial charge in [-0.2, -0.15) is 0 Å². The van der Waals surface area contributed by atoms with Crippen LogP contribution >= 0.6 is 11.3 Å². The fourth-order valence-corrected chi connectivity index (χ4v) is 7.22. The van der Waals surface area contributed by atoms with E-state index in [0.717, 1.165) is 74.1 Å². The summed E-state index contributed by atoms with van der Waals surface area (Å²) in [5.74, 6) is -1.25. The van der Waals surface area contributed by atoms with Gasteiger partial charge in [-0.25, -0.2) is 14.2 Å². The van der Waals surface area contributed by atoms with E-state index < -0.39 is 5.97 Å². The van der Waals surface area contributed by atoms with Crippen molar-refractivity contribution in [3.63, 3.8) is 0 Å². The Hall–Kier alpha value is -4.82. The van der Waals surface area contributed by atoms with Gasteiger partial charge in [-0.15, -0.1) is 11.3 Å². The molecule has 0 spiro atoms. The van der Waals surface area contributed by atoms with E-state index in [9.17, 15) is 19.1 Å². The highest BCUT2D eigenvalue weighted by molar-refractivity contribution is 7.21. The lowest BCUT2D eigenvalue weighted by Gasteiger charge is -2.23. The highest BCUT2D eigenvalue weighted by Crippen LogP contribution is 2.45. The summed E-state index contributed by atoms with van der Waals surface area (Å²) in [5.41, 5.74) is 6.75. The molecule has 1 atom stereocenters. The first kappa shape index (κ1) is 27.0. The molecule has 1 unspecified atom stereocenters. The number of benzene rings is 3. The number of nitrogens with zero attached hydrogens (tertiary/aromatic N) is 3. The van der Waals surface area contributed by atoms with Crippen molar-refractivity contribution in [2.75, 3.05) is 6.54 Å². The molecule has 7 rings (SSSR count). The van der Waals surface area contributed by atoms with E-state index in [1.54, 1.807) is 18.2 Å². The molecule has 0 saturated carbocycles. The zero-order chi connectivity index (χ0) is 29.7. The number of carboxylic acid groups (broad SMARTS) is 1. The number of carboxylic acids is 1. The lowest BCUT2D eigenvalue weighted by molar-refractivity contribution is -0.132. The van der Waals surface area contributed by atoms with Gasteiger partial charge in [-0.05, 0) is 79.4 Å². The first-order valence-corrected chi connectivity index (χ1v) is 15.1. The molecular formula is C35H28FN3O3S. The zero-order valence-corrected chi connectivity index (χ0v) is 24.3. The quantitative estimate of drug-likeness (QED) is 0.213. The van der Waals surface area contributed by atoms with Crippen LogP contribution < -0.4 is 0 Å². The third-order valence-corrected chi connectivity index (χ3v) is 9.41. The van der Waals surface area contributed by atoms with Crippen LogP contribution in [0.15, 0.2) is 91.0 Å². The van der Waals surface area contributed by atoms with Crippen LogP contribution in [-0.2, 0) is 11.3 Å². The Bertz CT molecular complexity index is 2010. The minimum absolute atomic E-state index is 0.0252. The number of rotatable bonds is 6. The Morgan fingerprint density at radius 3 is 2.44 bits per heavy atom. The number of aromatic nitrogens is 2. The summed E-state index contributed by atoms with van der Waals surface area (Å²) in [6.07, 6.45) is 1.96. The largest absolute Gasteiger partial charge is 0.477 e. The number of carbonyl (C=O) groups is 2. The number of carbonyl (C=O) groups excluding carboxylic acids is 1. The maximum Gasteiger partial charge on any atom is 0.345 e. The van der Waals surface area contributed by atoms with Gasteiger partial charge in [0.05, 0.1) is 27.1 Å². The number of likely N-dealkylation sites (tertiary alicyclic amines) is 1. The highest BCUT2D eigenvalue weighted by atomic mass is 32.1. The lowest BCUT2D eigenvalue weighted by atomic mass is 9.99. The number of aromatic carboxylic acids is 1. The van der Waals surface area contributed by atoms with Crippen LogP contribution in [0.2, 0.25) is 0 Å². The van der Waals surface area contributed by atoms with Gasteiger partial charge >= 0.3 is 5.97 Å². The second-order valence-electron chi connectivity index (χ2n) is 11.0. The fraction of sp³-hybridized carbons (Fsp3) is 0.171. The Morgan fingerprint density at radius 1 is 0.953 bits per heavy atom. The third kappa shape index (κ3) is 4.87. The van der Waals surface area contributed by atoms with Gasteiger partial charge in [0.2, 0.25) is 5.91 Å². The van der Waals surface area contributed by atoms with Gasteiger partial charge in [0.1, 0.15) is 17.2 Å². The average Bonchev–Trinajstić information content (AvgIpc) is 3.72. The predicted molar refractivity (Wildman–Crippen MR) is 169 cm³/mol. The maximum atomic E-state index is 13.7. The molecule has 3 aromatic carbocycles. The number of fused-ring (bicyclic) bond motifs is 2. The summed E-state index contributed by atoms with van der Waals surface area (Å²) in [7, 11) is 0. The van der Waals surface area contributed by atoms with Crippen LogP contribution in [0.25, 0.3) is 54.8 Å². The second kappa shape index (κ2) is 10.8. The standard InChI is InChI=1S/C35H28FN3O3S/c1-21-6-5-17-38(21)31(40)20-39-29-19-30(35(41)42)43-34(29)32(23-7-3-2-4-8-23)33(39)25-12-16-28-24(18-25)11-15-27(37-28)22-9-13-26(36)14-10-22/h2-4,7-16,18-19,21H,5-6,17,20H2,1H3,(H,41,42). The maximum absolute atomic E-state index is 13.7. The summed E-state index contributed by atoms with van der Waals surface area (Å²) in [5, 5.41) is 10.8. The van der Waals surface area contributed by atoms with E-state index >= 15 is 0 Å². The molecule has 1 saturated heterocycles. The molecule has 0 radical (unpaired) electrons. The molecule has 1 N–H and O–H groups in total. The topological polar surface area (TPSA) is 75.4 Å². The molecule has 43 heavy (non-hydrogen) atoms. The van der Waals surface area contributed by atoms with Crippen molar-refractivity contribution < 1.29 is 19.1 Å². The molecule has 0 aliphatic carbocycles. The highest BCUT2D eigenvalue weighted by Gasteiger charge is 2.29. The first-order valence-electron chi connectivity index (χ1n) is 14.3. The molecule has 3 aromatic heterocycles. The fourth-order valence-electron chi connectivity index (χ4n) is 6.15. The molecule has 4 heterocycles. The summed E-state index contributed by atoms with van der Waals surface area (Å²) in [6.45, 7) is 2.92. The van der Waals surface area contributed by atoms with Crippen molar-refractivity contribution in [2.45, 2.75) is 32.4 Å². The van der Waals surface area contributed by atoms with Gasteiger partial charge in [0, 0.05) is 29.1 Å². The molecular weight excluding hydrogens is 561 g/mol. The molecule has 1 amide bonds. The van der Waals surface area contributed by atoms with Crippen molar-refractivity contribution in [3.8, 4) is 33.6 Å². The second-order valence-corrected chi connectivity index (χ2v) is 12.0. The molecule has 1 aliphatic heterocycles. The molecule has 8 heteroatoms. The van der Waals surface area contributed by atoms with Gasteiger partial charge in [0.15, 0.2) is 0 Å². The smallest absolute Gasteiger partial charge is 0.345 e. The van der Waals surface area contributed by atoms with Crippen LogP contribution in [0.3, 0.4) is 0 Å². The van der Waals surface area contributed by atoms with E-state index in [0.29, 0.717) is 0 Å². The first-order chi connectivity index (χ1) is 20.9. The number of thiophene rings is 1. The molecule has 6 nitrogen and oxygen atoms in total. The van der Waals surface area contributed by atoms with Gasteiger partial charge in [-0.1, -0.05) is 42.5 Å². The summed E-state index contributed by atoms with van der Waals surface area (Å²) >= 11 is 1.24. The number of hydrogen-bond donors (Lipinski definition) is 1. The van der Waals surface area contributed by atoms with Crippen LogP contribution in [0.5, 0.6) is 0 Å². The van der Waals surface area contributed by atoms with Gasteiger partial charge < -0.3 is 14.6 Å². The number of hydrogen-bond acceptors (Lipinski definition) is 4. The Labute approximate surface area is 251 Å². The minimum Gasteiger partial charge on any atom is -0.477 e. The predicted octanol–water partition coefficient (Wildman–Crippen LogP) is 8.10. The minimum atomic E-state index is -0.985. The molecule has 6 aromatic rings. The Morgan fingerprint density at radius 2 is 1.72 bits per heavy atom. The SMILES string of the molecule is CC1CCCN1C(=O)Cn1c(-c2ccc3nc(-c4ccc(F)cc4)ccc3c2)c(-c2ccccc2)c2sc(C(=O)O)cc21. The molecule has 0 bridgehead atoms. The zero-order valence-electron chi connectivity index (χ0n) is 23.5. The van der Waals surface area contributed by atoms with Crippen LogP contribution in [0.1, 0.15) is 29.4 Å². The average molecular weight is 590 g/mol. The number of halogens is 1. The van der Waals surface area contributed by atoms with E-state index in [4.69, 9.17) is 4.98 Å². The number of pyridine rings is 1. The van der Waals surface area contributed by atoms with Crippen molar-refractivity contribution in [1.29, 1.82) is 0 Å². The Kier molecular flexibility index (Phi) is 6.78. The normalized spacial score (nSPS) is 15.0. The number of amides is 1. The molecule has 1 fully saturated rings. The van der Waals surface area contributed by atoms with Crippen LogP contribution in [0.4, 0.5) is 4.39 Å². The summed E-state index contributed by atoms with van der Waals surface area (Å²) in [4.78, 5) is 32.8. The van der Waals surface area contributed by atoms with Crippen molar-refractivity contribution in [1.82, 2.24) is 14.5 Å². The van der Waals surface area contributed by atoms with E-state index in [1.807, 2.05) is 64.1 Å². The van der Waals surface area contributed by atoms with Crippen LogP contribution in [-0.4, -0.2) is 44.0 Å². The summed E-state index contributed by atoms with van der Waals surface area (Å²) in [6, 6.07) is 28.0. The van der Waals surface area contributed by atoms with E-state index in [2.05, 4.69) is 13.0 Å². The van der Waals surface area contributed by atoms with Crippen molar-refractivity contribution in [3.05, 3.63) is 102 Å². The van der Waals surface area contributed by atoms with Gasteiger partial charge in [0.25, 0.3) is 0 Å². The van der Waals surface area contributed by atoms with Crippen molar-refractivity contribution >= 4 is 44.3 Å². The van der Waals surface area contributed by atoms with Crippen molar-refractivity contribution in [2.24, 2.45) is 0 Å². The third-order valence-electron chi connectivity index (χ3n) is 8.28. The van der Waals surface area contributed by atoms with E-state index in [-0.39, 0.29) is 29.2 Å². The lowest BCUT2D eigenvalue weighted by Crippen LogP contribution is -2.36. The molecule has 1 aliphatic rings. The Balaban J connectivity index is 1.42. The van der Waals surface area contributed by atoms with Crippen LogP contribution in [0, 0.1) is 5.82 Å².